The summed E-state index contributed by atoms with van der Waals surface area (Å²) in [6.45, 7) is 4.93. The van der Waals surface area contributed by atoms with Crippen molar-refractivity contribution in [3.63, 3.8) is 0 Å². The molecule has 0 saturated carbocycles. The Morgan fingerprint density at radius 3 is 1.60 bits per heavy atom. The predicted octanol–water partition coefficient (Wildman–Crippen LogP) is 5.80. The summed E-state index contributed by atoms with van der Waals surface area (Å²) < 4.78 is 0.122. The quantitative estimate of drug-likeness (QED) is 0.267. The Hall–Kier alpha value is -0.0800. The van der Waals surface area contributed by atoms with Crippen LogP contribution in [-0.2, 0) is 0 Å². The van der Waals surface area contributed by atoms with Gasteiger partial charge in [0.15, 0.2) is 0 Å². The number of rotatable bonds is 11. The van der Waals surface area contributed by atoms with E-state index in [0.29, 0.717) is 0 Å². The van der Waals surface area contributed by atoms with Crippen LogP contribution in [0.5, 0.6) is 0 Å². The summed E-state index contributed by atoms with van der Waals surface area (Å²) in [5.41, 5.74) is 0. The first-order chi connectivity index (χ1) is 9.77. The summed E-state index contributed by atoms with van der Waals surface area (Å²) in [5, 5.41) is 12.5. The van der Waals surface area contributed by atoms with Gasteiger partial charge in [0.25, 0.3) is 0 Å². The molecule has 0 aromatic rings. The van der Waals surface area contributed by atoms with E-state index in [1.807, 2.05) is 0 Å². The van der Waals surface area contributed by atoms with Gasteiger partial charge in [0.1, 0.15) is 0 Å². The lowest BCUT2D eigenvalue weighted by atomic mass is 10.1. The Labute approximate surface area is 127 Å². The second kappa shape index (κ2) is 11.6. The van der Waals surface area contributed by atoms with Crippen LogP contribution in [0.1, 0.15) is 96.8 Å². The maximum Gasteiger partial charge on any atom is 0.0783 e. The number of hydrogen-bond acceptors (Lipinski definition) is 1. The van der Waals surface area contributed by atoms with Crippen LogP contribution < -0.4 is 0 Å². The molecule has 20 heavy (non-hydrogen) atoms. The summed E-state index contributed by atoms with van der Waals surface area (Å²) in [6.07, 6.45) is 18.4. The van der Waals surface area contributed by atoms with Gasteiger partial charge in [0.05, 0.1) is 19.6 Å². The van der Waals surface area contributed by atoms with E-state index in [0.717, 1.165) is 38.9 Å². The van der Waals surface area contributed by atoms with E-state index < -0.39 is 0 Å². The summed E-state index contributed by atoms with van der Waals surface area (Å²) in [5.74, 6) is 0. The molecule has 1 aliphatic heterocycles. The van der Waals surface area contributed by atoms with E-state index >= 15 is 0 Å². The van der Waals surface area contributed by atoms with Crippen LogP contribution >= 0.6 is 0 Å². The molecule has 0 radical (unpaired) electrons. The van der Waals surface area contributed by atoms with E-state index in [-0.39, 0.29) is 4.65 Å². The first kappa shape index (κ1) is 18.0. The van der Waals surface area contributed by atoms with E-state index in [2.05, 4.69) is 6.92 Å². The number of nitrogens with zero attached hydrogens (tertiary/aromatic N) is 1. The highest BCUT2D eigenvalue weighted by atomic mass is 16.5. The molecule has 0 N–H and O–H groups in total. The lowest BCUT2D eigenvalue weighted by Gasteiger charge is -2.42. The molecule has 0 amide bonds. The third-order valence-electron chi connectivity index (χ3n) is 4.80. The van der Waals surface area contributed by atoms with E-state index in [1.54, 1.807) is 0 Å². The van der Waals surface area contributed by atoms with Crippen molar-refractivity contribution < 1.29 is 4.65 Å². The van der Waals surface area contributed by atoms with Gasteiger partial charge in [-0.05, 0) is 38.5 Å². The van der Waals surface area contributed by atoms with E-state index in [1.165, 1.54) is 70.6 Å². The molecule has 1 saturated heterocycles. The Bertz CT molecular complexity index is 209. The zero-order chi connectivity index (χ0) is 14.5. The van der Waals surface area contributed by atoms with Crippen LogP contribution in [0.15, 0.2) is 0 Å². The molecule has 0 bridgehead atoms. The fourth-order valence-corrected chi connectivity index (χ4v) is 3.38. The fraction of sp³-hybridized carbons (Fsp3) is 1.00. The van der Waals surface area contributed by atoms with Crippen molar-refractivity contribution in [2.75, 3.05) is 19.6 Å². The van der Waals surface area contributed by atoms with Crippen molar-refractivity contribution in [2.45, 2.75) is 96.8 Å². The number of hydrogen-bond donors (Lipinski definition) is 0. The van der Waals surface area contributed by atoms with Gasteiger partial charge in [-0.15, -0.1) is 0 Å². The van der Waals surface area contributed by atoms with Gasteiger partial charge in [-0.2, -0.15) is 0 Å². The third kappa shape index (κ3) is 8.97. The SMILES string of the molecule is CCCCCCCCCCCC[N+]1([O-])CCCCCC1. The van der Waals surface area contributed by atoms with Crippen LogP contribution in [0.3, 0.4) is 0 Å². The molecule has 0 aromatic carbocycles. The Morgan fingerprint density at radius 1 is 0.650 bits per heavy atom. The van der Waals surface area contributed by atoms with Crippen molar-refractivity contribution >= 4 is 0 Å². The molecular formula is C18H37NO. The Morgan fingerprint density at radius 2 is 1.10 bits per heavy atom. The molecule has 1 fully saturated rings. The van der Waals surface area contributed by atoms with Crippen molar-refractivity contribution in [3.05, 3.63) is 5.21 Å². The maximum absolute atomic E-state index is 12.5. The topological polar surface area (TPSA) is 23.1 Å². The molecule has 0 atom stereocenters. The van der Waals surface area contributed by atoms with Crippen LogP contribution in [0.4, 0.5) is 0 Å². The van der Waals surface area contributed by atoms with Crippen molar-refractivity contribution in [1.29, 1.82) is 0 Å². The largest absolute Gasteiger partial charge is 0.633 e. The standard InChI is InChI=1S/C18H37NO/c1-2-3-4-5-6-7-8-9-10-13-16-19(20)17-14-11-12-15-18-19/h2-18H2,1H3. The van der Waals surface area contributed by atoms with Gasteiger partial charge in [-0.1, -0.05) is 58.3 Å². The van der Waals surface area contributed by atoms with Gasteiger partial charge in [0, 0.05) is 0 Å². The number of quaternary nitrogens is 1. The van der Waals surface area contributed by atoms with Crippen molar-refractivity contribution in [2.24, 2.45) is 0 Å². The number of unbranched alkanes of at least 4 members (excludes halogenated alkanes) is 9. The molecule has 120 valence electrons. The first-order valence-electron chi connectivity index (χ1n) is 9.34. The highest BCUT2D eigenvalue weighted by Crippen LogP contribution is 2.19. The normalized spacial score (nSPS) is 18.9. The highest BCUT2D eigenvalue weighted by Gasteiger charge is 2.18. The average molecular weight is 284 g/mol. The van der Waals surface area contributed by atoms with Gasteiger partial charge in [-0.25, -0.2) is 0 Å². The van der Waals surface area contributed by atoms with Crippen LogP contribution in [0.2, 0.25) is 0 Å². The summed E-state index contributed by atoms with van der Waals surface area (Å²) in [6, 6.07) is 0. The average Bonchev–Trinajstić information content (AvgIpc) is 2.66. The summed E-state index contributed by atoms with van der Waals surface area (Å²) >= 11 is 0. The zero-order valence-corrected chi connectivity index (χ0v) is 13.9. The lowest BCUT2D eigenvalue weighted by Crippen LogP contribution is -2.43. The van der Waals surface area contributed by atoms with Crippen LogP contribution in [0, 0.1) is 5.21 Å². The first-order valence-corrected chi connectivity index (χ1v) is 9.34. The predicted molar refractivity (Wildman–Crippen MR) is 88.5 cm³/mol. The van der Waals surface area contributed by atoms with Gasteiger partial charge in [-0.3, -0.25) is 0 Å². The Balaban J connectivity index is 1.88. The fourth-order valence-electron chi connectivity index (χ4n) is 3.38. The summed E-state index contributed by atoms with van der Waals surface area (Å²) in [7, 11) is 0. The molecule has 1 rings (SSSR count). The molecule has 2 nitrogen and oxygen atoms in total. The monoisotopic (exact) mass is 283 g/mol. The van der Waals surface area contributed by atoms with Crippen LogP contribution in [0.25, 0.3) is 0 Å². The molecule has 0 aromatic heterocycles. The lowest BCUT2D eigenvalue weighted by molar-refractivity contribution is -0.880. The van der Waals surface area contributed by atoms with E-state index in [9.17, 15) is 5.21 Å². The minimum absolute atomic E-state index is 0.122. The number of likely N-dealkylation sites (tertiary alicyclic amines) is 1. The number of hydroxylamine groups is 3. The molecular weight excluding hydrogens is 246 g/mol. The minimum Gasteiger partial charge on any atom is -0.633 e. The highest BCUT2D eigenvalue weighted by molar-refractivity contribution is 4.55. The van der Waals surface area contributed by atoms with Gasteiger partial charge < -0.3 is 9.85 Å². The minimum atomic E-state index is 0.122. The third-order valence-corrected chi connectivity index (χ3v) is 4.80. The summed E-state index contributed by atoms with van der Waals surface area (Å²) in [4.78, 5) is 0. The van der Waals surface area contributed by atoms with E-state index in [4.69, 9.17) is 0 Å². The molecule has 2 heteroatoms. The van der Waals surface area contributed by atoms with Crippen molar-refractivity contribution in [1.82, 2.24) is 0 Å². The second-order valence-corrected chi connectivity index (χ2v) is 6.83. The molecule has 1 aliphatic rings. The van der Waals surface area contributed by atoms with Crippen molar-refractivity contribution in [3.8, 4) is 0 Å². The molecule has 0 unspecified atom stereocenters. The zero-order valence-electron chi connectivity index (χ0n) is 13.9. The second-order valence-electron chi connectivity index (χ2n) is 6.83. The van der Waals surface area contributed by atoms with Crippen LogP contribution in [-0.4, -0.2) is 24.3 Å². The Kier molecular flexibility index (Phi) is 10.4. The van der Waals surface area contributed by atoms with Gasteiger partial charge in [0.2, 0.25) is 0 Å². The maximum atomic E-state index is 12.5. The molecule has 0 spiro atoms. The molecule has 1 heterocycles. The smallest absolute Gasteiger partial charge is 0.0783 e. The molecule has 0 aliphatic carbocycles. The van der Waals surface area contributed by atoms with Gasteiger partial charge >= 0.3 is 0 Å².